The van der Waals surface area contributed by atoms with Gasteiger partial charge in [0.05, 0.1) is 25.5 Å². The maximum absolute atomic E-state index is 13.4. The summed E-state index contributed by atoms with van der Waals surface area (Å²) in [5, 5.41) is 7.89. The number of nitrogens with one attached hydrogen (secondary N) is 1. The van der Waals surface area contributed by atoms with Gasteiger partial charge < -0.3 is 10.1 Å². The van der Waals surface area contributed by atoms with E-state index in [1.807, 2.05) is 24.7 Å². The van der Waals surface area contributed by atoms with Crippen LogP contribution in [0.25, 0.3) is 0 Å². The van der Waals surface area contributed by atoms with Crippen LogP contribution < -0.4 is 5.32 Å². The van der Waals surface area contributed by atoms with Crippen molar-refractivity contribution in [1.29, 1.82) is 0 Å². The molecule has 1 N–H and O–H groups in total. The molecule has 0 aliphatic carbocycles. The lowest BCUT2D eigenvalue weighted by Gasteiger charge is -2.26. The molecule has 2 heterocycles. The molecule has 0 bridgehead atoms. The predicted octanol–water partition coefficient (Wildman–Crippen LogP) is 2.65. The fraction of sp³-hybridized carbons (Fsp3) is 0.526. The lowest BCUT2D eigenvalue weighted by Crippen LogP contribution is -2.38. The molecular weight excluding hydrogens is 338 g/mol. The van der Waals surface area contributed by atoms with E-state index in [0.29, 0.717) is 12.1 Å². The third-order valence-corrected chi connectivity index (χ3v) is 4.78. The molecule has 0 saturated carbocycles. The van der Waals surface area contributed by atoms with Gasteiger partial charge in [0.1, 0.15) is 11.6 Å². The molecule has 1 aromatic carbocycles. The van der Waals surface area contributed by atoms with E-state index in [9.17, 15) is 8.78 Å². The minimum absolute atomic E-state index is 0.156. The van der Waals surface area contributed by atoms with Gasteiger partial charge in [-0.15, -0.1) is 0 Å². The van der Waals surface area contributed by atoms with Gasteiger partial charge in [-0.2, -0.15) is 5.10 Å². The lowest BCUT2D eigenvalue weighted by molar-refractivity contribution is 0.0359. The van der Waals surface area contributed by atoms with E-state index in [0.717, 1.165) is 56.7 Å². The fourth-order valence-electron chi connectivity index (χ4n) is 3.12. The van der Waals surface area contributed by atoms with Crippen molar-refractivity contribution in [2.45, 2.75) is 33.0 Å². The van der Waals surface area contributed by atoms with Crippen LogP contribution in [-0.4, -0.2) is 47.5 Å². The molecule has 1 unspecified atom stereocenters. The van der Waals surface area contributed by atoms with Crippen molar-refractivity contribution in [3.8, 4) is 0 Å². The van der Waals surface area contributed by atoms with E-state index in [-0.39, 0.29) is 6.04 Å². The van der Waals surface area contributed by atoms with E-state index in [4.69, 9.17) is 4.74 Å². The minimum atomic E-state index is -0.555. The van der Waals surface area contributed by atoms with Gasteiger partial charge in [-0.05, 0) is 31.5 Å². The number of hydrogen-bond acceptors (Lipinski definition) is 4. The summed E-state index contributed by atoms with van der Waals surface area (Å²) >= 11 is 0. The summed E-state index contributed by atoms with van der Waals surface area (Å²) in [6.45, 7) is 9.80. The van der Waals surface area contributed by atoms with Crippen LogP contribution >= 0.6 is 0 Å². The first-order valence-electron chi connectivity index (χ1n) is 9.03. The van der Waals surface area contributed by atoms with Gasteiger partial charge in [0, 0.05) is 50.0 Å². The molecule has 1 aromatic heterocycles. The first kappa shape index (κ1) is 18.9. The molecular formula is C19H26F2N4O. The zero-order valence-corrected chi connectivity index (χ0v) is 15.3. The van der Waals surface area contributed by atoms with Gasteiger partial charge in [0.2, 0.25) is 0 Å². The number of rotatable bonds is 7. The average Bonchev–Trinajstić information content (AvgIpc) is 2.98. The van der Waals surface area contributed by atoms with Crippen molar-refractivity contribution in [1.82, 2.24) is 20.0 Å². The Balaban J connectivity index is 1.53. The number of nitrogens with zero attached hydrogens (tertiary/aromatic N) is 3. The monoisotopic (exact) mass is 364 g/mol. The summed E-state index contributed by atoms with van der Waals surface area (Å²) in [7, 11) is 0. The molecule has 2 aromatic rings. The summed E-state index contributed by atoms with van der Waals surface area (Å²) in [6.07, 6.45) is 2.04. The Labute approximate surface area is 152 Å². The topological polar surface area (TPSA) is 42.3 Å². The largest absolute Gasteiger partial charge is 0.379 e. The summed E-state index contributed by atoms with van der Waals surface area (Å²) in [6, 6.07) is 3.45. The number of hydrogen-bond donors (Lipinski definition) is 1. The van der Waals surface area contributed by atoms with Crippen LogP contribution in [0.3, 0.4) is 0 Å². The van der Waals surface area contributed by atoms with Gasteiger partial charge in [0.25, 0.3) is 0 Å². The number of ether oxygens (including phenoxy) is 1. The first-order chi connectivity index (χ1) is 12.5. The molecule has 1 fully saturated rings. The number of morpholine rings is 1. The zero-order chi connectivity index (χ0) is 18.5. The molecule has 26 heavy (non-hydrogen) atoms. The number of benzene rings is 1. The highest BCUT2D eigenvalue weighted by atomic mass is 19.1. The molecule has 1 atom stereocenters. The van der Waals surface area contributed by atoms with Crippen LogP contribution in [0, 0.1) is 18.6 Å². The quantitative estimate of drug-likeness (QED) is 0.820. The SMILES string of the molecule is Cc1nn(CCN2CCOCC2)cc1CNC(C)c1cc(F)cc(F)c1. The maximum atomic E-state index is 13.4. The standard InChI is InChI=1S/C19H26F2N4O/c1-14(16-9-18(20)11-19(21)10-16)22-12-17-13-25(23-15(17)2)4-3-24-5-7-26-8-6-24/h9-11,13-14,22H,3-8,12H2,1-2H3. The molecule has 0 radical (unpaired) electrons. The van der Waals surface area contributed by atoms with Crippen LogP contribution in [0.5, 0.6) is 0 Å². The number of halogens is 2. The van der Waals surface area contributed by atoms with Gasteiger partial charge in [0.15, 0.2) is 0 Å². The second-order valence-corrected chi connectivity index (χ2v) is 6.76. The van der Waals surface area contributed by atoms with Crippen LogP contribution in [0.15, 0.2) is 24.4 Å². The Kier molecular flexibility index (Phi) is 6.34. The Morgan fingerprint density at radius 1 is 1.15 bits per heavy atom. The Hall–Kier alpha value is -1.83. The third kappa shape index (κ3) is 5.09. The molecule has 1 aliphatic heterocycles. The van der Waals surface area contributed by atoms with E-state index in [2.05, 4.69) is 15.3 Å². The molecule has 142 valence electrons. The molecule has 1 saturated heterocycles. The highest BCUT2D eigenvalue weighted by Gasteiger charge is 2.13. The lowest BCUT2D eigenvalue weighted by atomic mass is 10.1. The minimum Gasteiger partial charge on any atom is -0.379 e. The normalized spacial score (nSPS) is 16.8. The van der Waals surface area contributed by atoms with E-state index < -0.39 is 11.6 Å². The van der Waals surface area contributed by atoms with Crippen LogP contribution in [-0.2, 0) is 17.8 Å². The molecule has 5 nitrogen and oxygen atoms in total. The summed E-state index contributed by atoms with van der Waals surface area (Å²) in [5.41, 5.74) is 2.66. The van der Waals surface area contributed by atoms with Gasteiger partial charge in [-0.25, -0.2) is 8.78 Å². The second-order valence-electron chi connectivity index (χ2n) is 6.76. The van der Waals surface area contributed by atoms with Gasteiger partial charge >= 0.3 is 0 Å². The van der Waals surface area contributed by atoms with E-state index in [1.54, 1.807) is 0 Å². The molecule has 1 aliphatic rings. The Morgan fingerprint density at radius 3 is 2.54 bits per heavy atom. The van der Waals surface area contributed by atoms with Crippen molar-refractivity contribution in [2.75, 3.05) is 32.8 Å². The van der Waals surface area contributed by atoms with Crippen molar-refractivity contribution in [3.63, 3.8) is 0 Å². The molecule has 0 spiro atoms. The zero-order valence-electron chi connectivity index (χ0n) is 15.3. The molecule has 0 amide bonds. The fourth-order valence-corrected chi connectivity index (χ4v) is 3.12. The highest BCUT2D eigenvalue weighted by molar-refractivity contribution is 5.22. The van der Waals surface area contributed by atoms with Gasteiger partial charge in [-0.1, -0.05) is 0 Å². The van der Waals surface area contributed by atoms with Crippen LogP contribution in [0.1, 0.15) is 29.8 Å². The van der Waals surface area contributed by atoms with E-state index >= 15 is 0 Å². The average molecular weight is 364 g/mol. The van der Waals surface area contributed by atoms with Crippen molar-refractivity contribution in [2.24, 2.45) is 0 Å². The highest BCUT2D eigenvalue weighted by Crippen LogP contribution is 2.17. The third-order valence-electron chi connectivity index (χ3n) is 4.78. The molecule has 7 heteroatoms. The van der Waals surface area contributed by atoms with Crippen molar-refractivity contribution in [3.05, 3.63) is 52.9 Å². The van der Waals surface area contributed by atoms with Gasteiger partial charge in [-0.3, -0.25) is 9.58 Å². The van der Waals surface area contributed by atoms with Crippen molar-refractivity contribution >= 4 is 0 Å². The molecule has 3 rings (SSSR count). The van der Waals surface area contributed by atoms with E-state index in [1.165, 1.54) is 12.1 Å². The smallest absolute Gasteiger partial charge is 0.126 e. The second kappa shape index (κ2) is 8.70. The maximum Gasteiger partial charge on any atom is 0.126 e. The number of aryl methyl sites for hydroxylation is 1. The first-order valence-corrected chi connectivity index (χ1v) is 9.03. The Bertz CT molecular complexity index is 708. The van der Waals surface area contributed by atoms with Crippen LogP contribution in [0.2, 0.25) is 0 Å². The van der Waals surface area contributed by atoms with Crippen molar-refractivity contribution < 1.29 is 13.5 Å². The number of aromatic nitrogens is 2. The summed E-state index contributed by atoms with van der Waals surface area (Å²) in [5.74, 6) is -1.11. The van der Waals surface area contributed by atoms with Crippen LogP contribution in [0.4, 0.5) is 8.78 Å². The summed E-state index contributed by atoms with van der Waals surface area (Å²) in [4.78, 5) is 2.37. The Morgan fingerprint density at radius 2 is 1.85 bits per heavy atom. The summed E-state index contributed by atoms with van der Waals surface area (Å²) < 4.78 is 34.1. The predicted molar refractivity (Wildman–Crippen MR) is 95.8 cm³/mol.